The third kappa shape index (κ3) is 12.2. The highest BCUT2D eigenvalue weighted by atomic mass is 16.9. The fourth-order valence-electron chi connectivity index (χ4n) is 2.98. The zero-order chi connectivity index (χ0) is 18.1. The summed E-state index contributed by atoms with van der Waals surface area (Å²) in [7, 11) is 0. The van der Waals surface area contributed by atoms with Crippen LogP contribution in [0.4, 0.5) is 0 Å². The van der Waals surface area contributed by atoms with E-state index in [4.69, 9.17) is 25.7 Å². The van der Waals surface area contributed by atoms with Crippen LogP contribution in [0.3, 0.4) is 0 Å². The highest BCUT2D eigenvalue weighted by Gasteiger charge is 2.31. The first kappa shape index (κ1) is 23.8. The number of nitrogens with two attached hydrogens (primary N) is 2. The SMILES string of the molecule is CCOC(CCCCCCCCC(N)CCCN)(OCC)OCC. The molecule has 5 heteroatoms. The Morgan fingerprint density at radius 2 is 1.17 bits per heavy atom. The normalized spacial score (nSPS) is 13.4. The largest absolute Gasteiger partial charge is 0.330 e. The summed E-state index contributed by atoms with van der Waals surface area (Å²) in [5, 5.41) is 0. The zero-order valence-electron chi connectivity index (χ0n) is 16.4. The lowest BCUT2D eigenvalue weighted by atomic mass is 10.0. The van der Waals surface area contributed by atoms with Gasteiger partial charge in [-0.25, -0.2) is 0 Å². The van der Waals surface area contributed by atoms with E-state index < -0.39 is 5.97 Å². The first-order chi connectivity index (χ1) is 11.6. The van der Waals surface area contributed by atoms with Crippen molar-refractivity contribution in [3.8, 4) is 0 Å². The van der Waals surface area contributed by atoms with Crippen molar-refractivity contribution in [2.75, 3.05) is 26.4 Å². The zero-order valence-corrected chi connectivity index (χ0v) is 16.4. The second kappa shape index (κ2) is 16.3. The van der Waals surface area contributed by atoms with Crippen molar-refractivity contribution < 1.29 is 14.2 Å². The molecule has 0 heterocycles. The van der Waals surface area contributed by atoms with Crippen LogP contribution in [0, 0.1) is 0 Å². The van der Waals surface area contributed by atoms with Crippen LogP contribution >= 0.6 is 0 Å². The van der Waals surface area contributed by atoms with E-state index >= 15 is 0 Å². The molecule has 24 heavy (non-hydrogen) atoms. The van der Waals surface area contributed by atoms with Gasteiger partial charge < -0.3 is 25.7 Å². The number of unbranched alkanes of at least 4 members (excludes halogenated alkanes) is 5. The Balaban J connectivity index is 3.74. The van der Waals surface area contributed by atoms with E-state index in [0.717, 1.165) is 38.6 Å². The van der Waals surface area contributed by atoms with Gasteiger partial charge in [-0.2, -0.15) is 0 Å². The molecule has 0 fully saturated rings. The van der Waals surface area contributed by atoms with E-state index in [1.807, 2.05) is 20.8 Å². The summed E-state index contributed by atoms with van der Waals surface area (Å²) >= 11 is 0. The molecule has 0 aliphatic heterocycles. The Hall–Kier alpha value is -0.200. The molecule has 5 nitrogen and oxygen atoms in total. The third-order valence-corrected chi connectivity index (χ3v) is 4.18. The highest BCUT2D eigenvalue weighted by Crippen LogP contribution is 2.24. The summed E-state index contributed by atoms with van der Waals surface area (Å²) < 4.78 is 17.2. The molecular weight excluding hydrogens is 304 g/mol. The monoisotopic (exact) mass is 346 g/mol. The van der Waals surface area contributed by atoms with Crippen LogP contribution in [0.25, 0.3) is 0 Å². The van der Waals surface area contributed by atoms with Crippen molar-refractivity contribution in [2.24, 2.45) is 11.5 Å². The van der Waals surface area contributed by atoms with Crippen LogP contribution in [0.15, 0.2) is 0 Å². The minimum Gasteiger partial charge on any atom is -0.330 e. The fourth-order valence-corrected chi connectivity index (χ4v) is 2.98. The number of ether oxygens (including phenoxy) is 3. The average Bonchev–Trinajstić information content (AvgIpc) is 2.56. The van der Waals surface area contributed by atoms with Gasteiger partial charge in [0.25, 0.3) is 5.97 Å². The van der Waals surface area contributed by atoms with Gasteiger partial charge in [0, 0.05) is 32.3 Å². The smallest absolute Gasteiger partial charge is 0.282 e. The van der Waals surface area contributed by atoms with E-state index in [-0.39, 0.29) is 0 Å². The van der Waals surface area contributed by atoms with E-state index in [1.54, 1.807) is 0 Å². The van der Waals surface area contributed by atoms with E-state index in [0.29, 0.717) is 25.9 Å². The maximum absolute atomic E-state index is 6.06. The molecule has 0 radical (unpaired) electrons. The molecular formula is C19H42N2O3. The maximum Gasteiger partial charge on any atom is 0.282 e. The summed E-state index contributed by atoms with van der Waals surface area (Å²) in [6.45, 7) is 8.49. The predicted molar refractivity (Wildman–Crippen MR) is 101 cm³/mol. The molecule has 146 valence electrons. The van der Waals surface area contributed by atoms with E-state index in [2.05, 4.69) is 0 Å². The molecule has 1 unspecified atom stereocenters. The van der Waals surface area contributed by atoms with Crippen molar-refractivity contribution in [3.05, 3.63) is 0 Å². The molecule has 0 aliphatic rings. The van der Waals surface area contributed by atoms with Crippen LogP contribution in [-0.2, 0) is 14.2 Å². The minimum atomic E-state index is -0.839. The first-order valence-electron chi connectivity index (χ1n) is 10.0. The summed E-state index contributed by atoms with van der Waals surface area (Å²) in [4.78, 5) is 0. The Labute approximate surface area is 149 Å². The van der Waals surface area contributed by atoms with Gasteiger partial charge in [-0.1, -0.05) is 32.1 Å². The Kier molecular flexibility index (Phi) is 16.1. The van der Waals surface area contributed by atoms with Gasteiger partial charge in [0.15, 0.2) is 0 Å². The van der Waals surface area contributed by atoms with Crippen molar-refractivity contribution in [3.63, 3.8) is 0 Å². The quantitative estimate of drug-likeness (QED) is 0.290. The predicted octanol–water partition coefficient (Wildman–Crippen LogP) is 3.94. The standard InChI is InChI=1S/C19H42N2O3/c1-4-22-19(23-5-2,24-6-3)16-12-10-8-7-9-11-14-18(21)15-13-17-20/h18H,4-17,20-21H2,1-3H3. The minimum absolute atomic E-state index is 0.331. The Bertz CT molecular complexity index is 248. The van der Waals surface area contributed by atoms with Gasteiger partial charge >= 0.3 is 0 Å². The lowest BCUT2D eigenvalue weighted by molar-refractivity contribution is -0.380. The third-order valence-electron chi connectivity index (χ3n) is 4.18. The molecule has 0 spiro atoms. The van der Waals surface area contributed by atoms with Crippen LogP contribution in [0.5, 0.6) is 0 Å². The molecule has 1 atom stereocenters. The van der Waals surface area contributed by atoms with Crippen molar-refractivity contribution >= 4 is 0 Å². The van der Waals surface area contributed by atoms with Crippen molar-refractivity contribution in [1.29, 1.82) is 0 Å². The van der Waals surface area contributed by atoms with Crippen LogP contribution in [0.2, 0.25) is 0 Å². The molecule has 0 aliphatic carbocycles. The van der Waals surface area contributed by atoms with Gasteiger partial charge in [-0.05, 0) is 53.0 Å². The average molecular weight is 347 g/mol. The molecule has 0 aromatic rings. The number of hydrogen-bond acceptors (Lipinski definition) is 5. The summed E-state index contributed by atoms with van der Waals surface area (Å²) in [6, 6.07) is 0.331. The molecule has 0 saturated carbocycles. The lowest BCUT2D eigenvalue weighted by Crippen LogP contribution is -2.39. The number of hydrogen-bond donors (Lipinski definition) is 2. The van der Waals surface area contributed by atoms with Gasteiger partial charge in [0.2, 0.25) is 0 Å². The van der Waals surface area contributed by atoms with E-state index in [9.17, 15) is 0 Å². The summed E-state index contributed by atoms with van der Waals surface area (Å²) in [5.41, 5.74) is 11.6. The second-order valence-electron chi connectivity index (χ2n) is 6.33. The molecule has 0 rings (SSSR count). The number of rotatable bonds is 18. The van der Waals surface area contributed by atoms with E-state index in [1.165, 1.54) is 32.1 Å². The van der Waals surface area contributed by atoms with Gasteiger partial charge in [-0.3, -0.25) is 0 Å². The Morgan fingerprint density at radius 3 is 1.67 bits per heavy atom. The van der Waals surface area contributed by atoms with Crippen LogP contribution in [0.1, 0.15) is 85.0 Å². The topological polar surface area (TPSA) is 79.7 Å². The fraction of sp³-hybridized carbons (Fsp3) is 1.00. The molecule has 0 aromatic heterocycles. The molecule has 0 saturated heterocycles. The maximum atomic E-state index is 6.06. The van der Waals surface area contributed by atoms with Gasteiger partial charge in [0.05, 0.1) is 0 Å². The van der Waals surface area contributed by atoms with Gasteiger partial charge in [-0.15, -0.1) is 0 Å². The molecule has 0 bridgehead atoms. The molecule has 0 aromatic carbocycles. The van der Waals surface area contributed by atoms with Gasteiger partial charge in [0.1, 0.15) is 0 Å². The lowest BCUT2D eigenvalue weighted by Gasteiger charge is -2.32. The Morgan fingerprint density at radius 1 is 0.708 bits per heavy atom. The molecule has 0 amide bonds. The first-order valence-corrected chi connectivity index (χ1v) is 10.0. The van der Waals surface area contributed by atoms with Crippen LogP contribution < -0.4 is 11.5 Å². The highest BCUT2D eigenvalue weighted by molar-refractivity contribution is 4.62. The van der Waals surface area contributed by atoms with Crippen molar-refractivity contribution in [1.82, 2.24) is 0 Å². The molecule has 4 N–H and O–H groups in total. The summed E-state index contributed by atoms with van der Waals surface area (Å²) in [6.07, 6.45) is 11.3. The van der Waals surface area contributed by atoms with Crippen molar-refractivity contribution in [2.45, 2.75) is 97.0 Å². The summed E-state index contributed by atoms with van der Waals surface area (Å²) in [5.74, 6) is -0.839. The second-order valence-corrected chi connectivity index (χ2v) is 6.33. The van der Waals surface area contributed by atoms with Crippen LogP contribution in [-0.4, -0.2) is 38.4 Å².